The van der Waals surface area contributed by atoms with E-state index in [1.54, 1.807) is 42.5 Å². The number of benzene rings is 2. The molecule has 0 amide bonds. The highest BCUT2D eigenvalue weighted by atomic mass is 35.5. The van der Waals surface area contributed by atoms with Crippen molar-refractivity contribution in [3.05, 3.63) is 64.5 Å². The first-order valence-corrected chi connectivity index (χ1v) is 10.8. The van der Waals surface area contributed by atoms with Gasteiger partial charge in [0, 0.05) is 28.6 Å². The summed E-state index contributed by atoms with van der Waals surface area (Å²) in [6.45, 7) is 6.56. The number of rotatable bonds is 6. The smallest absolute Gasteiger partial charge is 0.213 e. The molecule has 166 valence electrons. The van der Waals surface area contributed by atoms with Crippen LogP contribution in [0.3, 0.4) is 0 Å². The van der Waals surface area contributed by atoms with Gasteiger partial charge < -0.3 is 15.1 Å². The largest absolute Gasteiger partial charge is 0.508 e. The number of hydrogen-bond acceptors (Lipinski definition) is 6. The zero-order valence-corrected chi connectivity index (χ0v) is 19.0. The van der Waals surface area contributed by atoms with E-state index in [1.807, 2.05) is 6.07 Å². The van der Waals surface area contributed by atoms with E-state index in [0.29, 0.717) is 50.4 Å². The van der Waals surface area contributed by atoms with E-state index in [4.69, 9.17) is 21.3 Å². The highest BCUT2D eigenvalue weighted by Gasteiger charge is 2.13. The fraction of sp³-hybridized carbons (Fsp3) is 0.250. The van der Waals surface area contributed by atoms with Gasteiger partial charge in [-0.25, -0.2) is 9.98 Å². The molecular weight excluding hydrogens is 428 g/mol. The lowest BCUT2D eigenvalue weighted by molar-refractivity contribution is 0.211. The maximum Gasteiger partial charge on any atom is 0.213 e. The Bertz CT molecular complexity index is 1360. The average molecular weight is 453 g/mol. The van der Waals surface area contributed by atoms with Gasteiger partial charge in [-0.15, -0.1) is 0 Å². The monoisotopic (exact) mass is 452 g/mol. The highest BCUT2D eigenvalue weighted by Crippen LogP contribution is 2.26. The van der Waals surface area contributed by atoms with Crippen LogP contribution in [0.25, 0.3) is 21.9 Å². The zero-order valence-electron chi connectivity index (χ0n) is 18.2. The van der Waals surface area contributed by atoms with Crippen LogP contribution in [0.2, 0.25) is 5.02 Å². The molecule has 8 heteroatoms. The number of phenolic OH excluding ortho intramolecular Hbond substituents is 1. The SMILES string of the molecule is CCN(CC)Cc1cc(N=c2c3ccc(Cl)cc3n(O)c3ccc(OC)nc23)ccc1O. The van der Waals surface area contributed by atoms with E-state index in [-0.39, 0.29) is 5.75 Å². The molecule has 4 aromatic rings. The number of pyridine rings is 2. The summed E-state index contributed by atoms with van der Waals surface area (Å²) in [5.41, 5.74) is 2.94. The molecule has 0 spiro atoms. The molecule has 0 bridgehead atoms. The molecule has 0 aliphatic carbocycles. The van der Waals surface area contributed by atoms with Gasteiger partial charge in [0.15, 0.2) is 0 Å². The molecular formula is C24H25ClN4O3. The van der Waals surface area contributed by atoms with Crippen LogP contribution in [0.4, 0.5) is 5.69 Å². The van der Waals surface area contributed by atoms with E-state index in [0.717, 1.165) is 23.4 Å². The Balaban J connectivity index is 2.01. The Kier molecular flexibility index (Phi) is 6.21. The summed E-state index contributed by atoms with van der Waals surface area (Å²) < 4.78 is 6.36. The van der Waals surface area contributed by atoms with E-state index in [1.165, 1.54) is 7.11 Å². The predicted molar refractivity (Wildman–Crippen MR) is 126 cm³/mol. The van der Waals surface area contributed by atoms with Crippen LogP contribution >= 0.6 is 11.6 Å². The van der Waals surface area contributed by atoms with Crippen LogP contribution in [0, 0.1) is 0 Å². The summed E-state index contributed by atoms with van der Waals surface area (Å²) in [6.07, 6.45) is 0. The summed E-state index contributed by atoms with van der Waals surface area (Å²) >= 11 is 6.19. The third kappa shape index (κ3) is 4.09. The molecule has 2 aromatic carbocycles. The first kappa shape index (κ1) is 21.9. The number of nitrogens with zero attached hydrogens (tertiary/aromatic N) is 4. The van der Waals surface area contributed by atoms with Gasteiger partial charge in [-0.2, -0.15) is 4.73 Å². The molecule has 0 atom stereocenters. The fourth-order valence-electron chi connectivity index (χ4n) is 3.73. The molecule has 4 rings (SSSR count). The number of halogens is 1. The second-order valence-corrected chi connectivity index (χ2v) is 7.87. The molecule has 32 heavy (non-hydrogen) atoms. The molecule has 0 aliphatic rings. The molecule has 0 saturated carbocycles. The minimum atomic E-state index is 0.235. The van der Waals surface area contributed by atoms with Gasteiger partial charge in [0.05, 0.1) is 18.3 Å². The van der Waals surface area contributed by atoms with Gasteiger partial charge in [-0.1, -0.05) is 25.4 Å². The van der Waals surface area contributed by atoms with E-state index in [2.05, 4.69) is 23.7 Å². The Morgan fingerprint density at radius 2 is 1.84 bits per heavy atom. The lowest BCUT2D eigenvalue weighted by atomic mass is 10.1. The van der Waals surface area contributed by atoms with Gasteiger partial charge in [-0.05, 0) is 55.6 Å². The Morgan fingerprint density at radius 1 is 1.06 bits per heavy atom. The second kappa shape index (κ2) is 9.06. The van der Waals surface area contributed by atoms with Crippen molar-refractivity contribution >= 4 is 39.2 Å². The van der Waals surface area contributed by atoms with Crippen molar-refractivity contribution in [3.63, 3.8) is 0 Å². The van der Waals surface area contributed by atoms with Gasteiger partial charge >= 0.3 is 0 Å². The van der Waals surface area contributed by atoms with E-state index in [9.17, 15) is 10.3 Å². The summed E-state index contributed by atoms with van der Waals surface area (Å²) in [5.74, 6) is 0.647. The third-order valence-corrected chi connectivity index (χ3v) is 5.78. The summed E-state index contributed by atoms with van der Waals surface area (Å²) in [4.78, 5) is 11.7. The molecule has 0 unspecified atom stereocenters. The maximum atomic E-state index is 10.8. The standard InChI is InChI=1S/C24H25ClN4O3/c1-4-28(5-2)14-15-12-17(7-10-21(15)30)26-23-18-8-6-16(25)13-20(18)29(31)19-9-11-22(32-3)27-24(19)23/h6-13,30-31H,4-5,14H2,1-3H3. The minimum Gasteiger partial charge on any atom is -0.508 e. The van der Waals surface area contributed by atoms with Crippen molar-refractivity contribution in [2.75, 3.05) is 20.2 Å². The maximum absolute atomic E-state index is 10.8. The molecule has 0 saturated heterocycles. The van der Waals surface area contributed by atoms with Crippen LogP contribution in [0.5, 0.6) is 11.6 Å². The molecule has 0 radical (unpaired) electrons. The van der Waals surface area contributed by atoms with Crippen LogP contribution < -0.4 is 10.1 Å². The Morgan fingerprint density at radius 3 is 2.56 bits per heavy atom. The molecule has 2 heterocycles. The van der Waals surface area contributed by atoms with Crippen molar-refractivity contribution < 1.29 is 15.1 Å². The molecule has 2 aromatic heterocycles. The van der Waals surface area contributed by atoms with Crippen LogP contribution in [0.15, 0.2) is 53.5 Å². The van der Waals surface area contributed by atoms with Crippen molar-refractivity contribution in [3.8, 4) is 11.6 Å². The number of hydrogen-bond donors (Lipinski definition) is 2. The van der Waals surface area contributed by atoms with Crippen molar-refractivity contribution in [1.82, 2.24) is 14.6 Å². The van der Waals surface area contributed by atoms with Crippen LogP contribution in [-0.2, 0) is 6.54 Å². The number of aromatic nitrogens is 2. The van der Waals surface area contributed by atoms with Crippen molar-refractivity contribution in [2.24, 2.45) is 4.99 Å². The average Bonchev–Trinajstić information content (AvgIpc) is 2.81. The van der Waals surface area contributed by atoms with Gasteiger partial charge in [0.2, 0.25) is 5.88 Å². The molecule has 0 fully saturated rings. The number of phenols is 1. The lowest BCUT2D eigenvalue weighted by Crippen LogP contribution is -2.22. The van der Waals surface area contributed by atoms with Crippen molar-refractivity contribution in [2.45, 2.75) is 20.4 Å². The van der Waals surface area contributed by atoms with Crippen molar-refractivity contribution in [1.29, 1.82) is 0 Å². The number of aromatic hydroxyl groups is 1. The normalized spacial score (nSPS) is 12.2. The number of ether oxygens (including phenoxy) is 1. The molecule has 2 N–H and O–H groups in total. The van der Waals surface area contributed by atoms with Gasteiger partial charge in [0.1, 0.15) is 22.1 Å². The second-order valence-electron chi connectivity index (χ2n) is 7.43. The Labute approximate surface area is 190 Å². The summed E-state index contributed by atoms with van der Waals surface area (Å²) in [5, 5.41) is 23.0. The molecule has 7 nitrogen and oxygen atoms in total. The van der Waals surface area contributed by atoms with E-state index < -0.39 is 0 Å². The Hall–Kier alpha value is -3.29. The van der Waals surface area contributed by atoms with E-state index >= 15 is 0 Å². The highest BCUT2D eigenvalue weighted by molar-refractivity contribution is 6.31. The number of fused-ring (bicyclic) bond motifs is 2. The zero-order chi connectivity index (χ0) is 22.8. The fourth-order valence-corrected chi connectivity index (χ4v) is 3.90. The lowest BCUT2D eigenvalue weighted by Gasteiger charge is -2.18. The van der Waals surface area contributed by atoms with Gasteiger partial charge in [0.25, 0.3) is 0 Å². The summed E-state index contributed by atoms with van der Waals surface area (Å²) in [6, 6.07) is 13.9. The molecule has 0 aliphatic heterocycles. The summed E-state index contributed by atoms with van der Waals surface area (Å²) in [7, 11) is 1.54. The van der Waals surface area contributed by atoms with Crippen LogP contribution in [0.1, 0.15) is 19.4 Å². The minimum absolute atomic E-state index is 0.235. The first-order chi connectivity index (χ1) is 15.4. The topological polar surface area (TPSA) is 83.1 Å². The van der Waals surface area contributed by atoms with Crippen LogP contribution in [-0.4, -0.2) is 45.1 Å². The predicted octanol–water partition coefficient (Wildman–Crippen LogP) is 4.87. The number of methoxy groups -OCH3 is 1. The van der Waals surface area contributed by atoms with Gasteiger partial charge in [-0.3, -0.25) is 4.90 Å². The quantitative estimate of drug-likeness (QED) is 0.322. The first-order valence-electron chi connectivity index (χ1n) is 10.4. The third-order valence-electron chi connectivity index (χ3n) is 5.55.